The maximum absolute atomic E-state index is 13.0. The minimum absolute atomic E-state index is 0.307. The molecule has 1 aliphatic heterocycles. The molecular weight excluding hydrogens is 355 g/mol. The zero-order chi connectivity index (χ0) is 19.8. The summed E-state index contributed by atoms with van der Waals surface area (Å²) in [4.78, 5) is 0. The van der Waals surface area contributed by atoms with Crippen LogP contribution >= 0.6 is 0 Å². The summed E-state index contributed by atoms with van der Waals surface area (Å²) in [5.41, 5.74) is 0.0229. The van der Waals surface area contributed by atoms with Crippen molar-refractivity contribution >= 4 is 12.6 Å². The van der Waals surface area contributed by atoms with E-state index >= 15 is 0 Å². The van der Waals surface area contributed by atoms with E-state index < -0.39 is 37.3 Å². The molecule has 4 nitrogen and oxygen atoms in total. The molecule has 26 heavy (non-hydrogen) atoms. The lowest BCUT2D eigenvalue weighted by Gasteiger charge is -2.32. The highest BCUT2D eigenvalue weighted by atomic mass is 19.3. The SMILES string of the molecule is COc1ccc(B2OC(C)(C)C(C)(C)O2)cc1COCC(F)(F)C(F)F. The van der Waals surface area contributed by atoms with E-state index in [1.807, 2.05) is 27.7 Å². The van der Waals surface area contributed by atoms with E-state index in [2.05, 4.69) is 0 Å². The molecule has 0 unspecified atom stereocenters. The van der Waals surface area contributed by atoms with Gasteiger partial charge in [0, 0.05) is 5.56 Å². The van der Waals surface area contributed by atoms with Crippen LogP contribution in [0.25, 0.3) is 0 Å². The van der Waals surface area contributed by atoms with Crippen LogP contribution in [0.3, 0.4) is 0 Å². The molecule has 1 aromatic carbocycles. The van der Waals surface area contributed by atoms with Crippen LogP contribution < -0.4 is 10.2 Å². The molecule has 2 rings (SSSR count). The normalized spacial score (nSPS) is 19.2. The van der Waals surface area contributed by atoms with Crippen molar-refractivity contribution in [3.8, 4) is 5.75 Å². The Hall–Kier alpha value is -1.32. The zero-order valence-electron chi connectivity index (χ0n) is 15.4. The molecule has 0 radical (unpaired) electrons. The lowest BCUT2D eigenvalue weighted by Crippen LogP contribution is -2.41. The average molecular weight is 378 g/mol. The minimum Gasteiger partial charge on any atom is -0.496 e. The van der Waals surface area contributed by atoms with Crippen molar-refractivity contribution in [3.05, 3.63) is 23.8 Å². The number of ether oxygens (including phenoxy) is 2. The lowest BCUT2D eigenvalue weighted by molar-refractivity contribution is -0.168. The molecule has 0 aromatic heterocycles. The quantitative estimate of drug-likeness (QED) is 0.538. The fraction of sp³-hybridized carbons (Fsp3) is 0.647. The highest BCUT2D eigenvalue weighted by Crippen LogP contribution is 2.36. The van der Waals surface area contributed by atoms with Gasteiger partial charge in [-0.1, -0.05) is 12.1 Å². The first-order valence-electron chi connectivity index (χ1n) is 8.16. The van der Waals surface area contributed by atoms with E-state index in [0.717, 1.165) is 0 Å². The molecule has 1 fully saturated rings. The van der Waals surface area contributed by atoms with Gasteiger partial charge < -0.3 is 18.8 Å². The second kappa shape index (κ2) is 7.36. The van der Waals surface area contributed by atoms with Crippen molar-refractivity contribution in [2.24, 2.45) is 0 Å². The van der Waals surface area contributed by atoms with E-state index in [0.29, 0.717) is 16.8 Å². The highest BCUT2D eigenvalue weighted by molar-refractivity contribution is 6.62. The van der Waals surface area contributed by atoms with Crippen LogP contribution in [-0.4, -0.2) is 44.4 Å². The highest BCUT2D eigenvalue weighted by Gasteiger charge is 2.51. The number of halogens is 4. The Balaban J connectivity index is 2.14. The van der Waals surface area contributed by atoms with Gasteiger partial charge in [0.25, 0.3) is 0 Å². The largest absolute Gasteiger partial charge is 0.496 e. The Labute approximate surface area is 150 Å². The summed E-state index contributed by atoms with van der Waals surface area (Å²) in [6, 6.07) is 5.00. The Morgan fingerprint density at radius 2 is 1.69 bits per heavy atom. The summed E-state index contributed by atoms with van der Waals surface area (Å²) in [7, 11) is 0.772. The summed E-state index contributed by atoms with van der Waals surface area (Å²) in [5.74, 6) is -3.80. The van der Waals surface area contributed by atoms with E-state index in [1.165, 1.54) is 7.11 Å². The van der Waals surface area contributed by atoms with Crippen molar-refractivity contribution < 1.29 is 36.3 Å². The molecule has 0 N–H and O–H groups in total. The third kappa shape index (κ3) is 4.32. The molecule has 0 amide bonds. The topological polar surface area (TPSA) is 36.9 Å². The molecule has 0 saturated carbocycles. The van der Waals surface area contributed by atoms with Crippen LogP contribution in [0, 0.1) is 0 Å². The minimum atomic E-state index is -4.20. The van der Waals surface area contributed by atoms with Gasteiger partial charge in [-0.3, -0.25) is 0 Å². The van der Waals surface area contributed by atoms with Crippen LogP contribution in [0.5, 0.6) is 5.75 Å². The van der Waals surface area contributed by atoms with Crippen LogP contribution in [-0.2, 0) is 20.7 Å². The van der Waals surface area contributed by atoms with E-state index in [1.54, 1.807) is 18.2 Å². The molecule has 1 aliphatic rings. The van der Waals surface area contributed by atoms with Crippen molar-refractivity contribution in [2.45, 2.75) is 57.9 Å². The maximum Gasteiger partial charge on any atom is 0.494 e. The van der Waals surface area contributed by atoms with E-state index in [-0.39, 0.29) is 6.61 Å². The first kappa shape index (κ1) is 21.0. The Morgan fingerprint density at radius 1 is 1.12 bits per heavy atom. The molecule has 0 spiro atoms. The first-order valence-corrected chi connectivity index (χ1v) is 8.16. The number of benzene rings is 1. The van der Waals surface area contributed by atoms with Crippen molar-refractivity contribution in [3.63, 3.8) is 0 Å². The zero-order valence-corrected chi connectivity index (χ0v) is 15.4. The van der Waals surface area contributed by atoms with E-state index in [4.69, 9.17) is 18.8 Å². The van der Waals surface area contributed by atoms with Crippen molar-refractivity contribution in [2.75, 3.05) is 13.7 Å². The molecule has 146 valence electrons. The van der Waals surface area contributed by atoms with Crippen molar-refractivity contribution in [1.82, 2.24) is 0 Å². The smallest absolute Gasteiger partial charge is 0.494 e. The van der Waals surface area contributed by atoms with Crippen LogP contribution in [0.15, 0.2) is 18.2 Å². The molecule has 0 atom stereocenters. The molecule has 0 bridgehead atoms. The Kier molecular flexibility index (Phi) is 5.94. The predicted molar refractivity (Wildman–Crippen MR) is 89.3 cm³/mol. The molecule has 1 saturated heterocycles. The summed E-state index contributed by atoms with van der Waals surface area (Å²) < 4.78 is 72.2. The second-order valence-corrected chi connectivity index (χ2v) is 7.21. The molecule has 1 heterocycles. The van der Waals surface area contributed by atoms with Gasteiger partial charge >= 0.3 is 19.5 Å². The van der Waals surface area contributed by atoms with Gasteiger partial charge in [0.05, 0.1) is 24.9 Å². The van der Waals surface area contributed by atoms with Crippen molar-refractivity contribution in [1.29, 1.82) is 0 Å². The molecular formula is C17H23BF4O4. The van der Waals surface area contributed by atoms with Gasteiger partial charge in [-0.2, -0.15) is 8.78 Å². The van der Waals surface area contributed by atoms with Gasteiger partial charge in [0.15, 0.2) is 0 Å². The van der Waals surface area contributed by atoms with Gasteiger partial charge in [-0.05, 0) is 39.2 Å². The van der Waals surface area contributed by atoms with Gasteiger partial charge in [-0.25, -0.2) is 8.78 Å². The third-order valence-corrected chi connectivity index (χ3v) is 4.70. The monoisotopic (exact) mass is 378 g/mol. The van der Waals surface area contributed by atoms with Crippen LogP contribution in [0.2, 0.25) is 0 Å². The van der Waals surface area contributed by atoms with Gasteiger partial charge in [-0.15, -0.1) is 0 Å². The Morgan fingerprint density at radius 3 is 2.19 bits per heavy atom. The molecule has 9 heteroatoms. The number of methoxy groups -OCH3 is 1. The Bertz CT molecular complexity index is 621. The third-order valence-electron chi connectivity index (χ3n) is 4.70. The fourth-order valence-corrected chi connectivity index (χ4v) is 2.40. The number of rotatable bonds is 7. The average Bonchev–Trinajstić information content (AvgIpc) is 2.75. The fourth-order valence-electron chi connectivity index (χ4n) is 2.40. The summed E-state index contributed by atoms with van der Waals surface area (Å²) in [5, 5.41) is 0. The number of hydrogen-bond acceptors (Lipinski definition) is 4. The summed E-state index contributed by atoms with van der Waals surface area (Å²) >= 11 is 0. The summed E-state index contributed by atoms with van der Waals surface area (Å²) in [6.07, 6.45) is -3.78. The first-order chi connectivity index (χ1) is 11.9. The van der Waals surface area contributed by atoms with Gasteiger partial charge in [0.2, 0.25) is 0 Å². The lowest BCUT2D eigenvalue weighted by atomic mass is 9.78. The maximum atomic E-state index is 13.0. The standard InChI is InChI=1S/C17H23BF4O4/c1-15(2)16(3,4)26-18(25-15)12-6-7-13(23-5)11(8-12)9-24-10-17(21,22)14(19)20/h6-8,14H,9-10H2,1-5H3. The van der Waals surface area contributed by atoms with Gasteiger partial charge in [0.1, 0.15) is 12.4 Å². The predicted octanol–water partition coefficient (Wildman–Crippen LogP) is 3.41. The molecule has 0 aliphatic carbocycles. The summed E-state index contributed by atoms with van der Waals surface area (Å²) in [6.45, 7) is 5.95. The second-order valence-electron chi connectivity index (χ2n) is 7.21. The molecule has 1 aromatic rings. The number of hydrogen-bond donors (Lipinski definition) is 0. The number of alkyl halides is 4. The van der Waals surface area contributed by atoms with Crippen LogP contribution in [0.1, 0.15) is 33.3 Å². The van der Waals surface area contributed by atoms with Crippen LogP contribution in [0.4, 0.5) is 17.6 Å². The van der Waals surface area contributed by atoms with E-state index in [9.17, 15) is 17.6 Å².